The lowest BCUT2D eigenvalue weighted by Crippen LogP contribution is -2.25. The smallest absolute Gasteiger partial charge is 0.160 e. The number of hydrogen-bond donors (Lipinski definition) is 0. The van der Waals surface area contributed by atoms with Gasteiger partial charge in [0.05, 0.1) is 5.41 Å². The number of aryl methyl sites for hydroxylation is 3. The molecule has 0 N–H and O–H groups in total. The monoisotopic (exact) mass is 665 g/mol. The molecule has 2 heterocycles. The number of nitrogens with zero attached hydrogens (tertiary/aromatic N) is 3. The maximum Gasteiger partial charge on any atom is 0.160 e. The summed E-state index contributed by atoms with van der Waals surface area (Å²) >= 11 is 0. The third-order valence-corrected chi connectivity index (χ3v) is 11.0. The van der Waals surface area contributed by atoms with Crippen LogP contribution in [0, 0.1) is 20.8 Å². The Morgan fingerprint density at radius 2 is 0.962 bits per heavy atom. The van der Waals surface area contributed by atoms with E-state index in [0.29, 0.717) is 0 Å². The molecule has 0 fully saturated rings. The summed E-state index contributed by atoms with van der Waals surface area (Å²) in [5.41, 5.74) is 20.9. The molecule has 3 nitrogen and oxygen atoms in total. The topological polar surface area (TPSA) is 38.7 Å². The quantitative estimate of drug-likeness (QED) is 0.188. The second-order valence-corrected chi connectivity index (χ2v) is 14.1. The van der Waals surface area contributed by atoms with Crippen LogP contribution in [0.15, 0.2) is 158 Å². The van der Waals surface area contributed by atoms with Crippen molar-refractivity contribution in [3.63, 3.8) is 0 Å². The van der Waals surface area contributed by atoms with E-state index >= 15 is 0 Å². The van der Waals surface area contributed by atoms with E-state index < -0.39 is 5.41 Å². The average Bonchev–Trinajstić information content (AvgIpc) is 3.65. The molecule has 0 saturated heterocycles. The lowest BCUT2D eigenvalue weighted by Gasteiger charge is -2.30. The molecule has 8 aromatic rings. The molecule has 1 spiro atoms. The zero-order valence-corrected chi connectivity index (χ0v) is 29.4. The van der Waals surface area contributed by atoms with Crippen molar-refractivity contribution in [1.29, 1.82) is 0 Å². The molecule has 0 saturated carbocycles. The van der Waals surface area contributed by atoms with Gasteiger partial charge in [0.25, 0.3) is 0 Å². The predicted molar refractivity (Wildman–Crippen MR) is 212 cm³/mol. The summed E-state index contributed by atoms with van der Waals surface area (Å²) in [6.45, 7) is 6.15. The summed E-state index contributed by atoms with van der Waals surface area (Å²) in [4.78, 5) is 14.6. The Morgan fingerprint density at radius 3 is 1.77 bits per heavy atom. The normalized spacial score (nSPS) is 14.9. The summed E-state index contributed by atoms with van der Waals surface area (Å²) < 4.78 is 0. The number of rotatable bonds is 4. The fourth-order valence-electron chi connectivity index (χ4n) is 8.92. The number of hydrogen-bond acceptors (Lipinski definition) is 3. The van der Waals surface area contributed by atoms with Crippen molar-refractivity contribution in [2.75, 3.05) is 0 Å². The van der Waals surface area contributed by atoms with E-state index in [-0.39, 0.29) is 0 Å². The average molecular weight is 666 g/mol. The van der Waals surface area contributed by atoms with Crippen LogP contribution >= 0.6 is 0 Å². The van der Waals surface area contributed by atoms with Crippen LogP contribution in [0.2, 0.25) is 0 Å². The van der Waals surface area contributed by atoms with Crippen LogP contribution in [-0.4, -0.2) is 15.0 Å². The first kappa shape index (κ1) is 30.4. The van der Waals surface area contributed by atoms with E-state index in [1.807, 2.05) is 26.1 Å². The summed E-state index contributed by atoms with van der Waals surface area (Å²) in [6, 6.07) is 55.5. The Balaban J connectivity index is 1.17. The SMILES string of the molecule is Cc1cc(-c2ccccc2)c(-c2cccc(-c3ccc4c(c3)-c3ccccc3C43c4ccccc4-c4c(-c5nc(C)cc(C)n5)cccc43)c2)cn1. The van der Waals surface area contributed by atoms with Crippen molar-refractivity contribution >= 4 is 0 Å². The fraction of sp³-hybridized carbons (Fsp3) is 0.0816. The first-order valence-corrected chi connectivity index (χ1v) is 17.9. The van der Waals surface area contributed by atoms with Crippen molar-refractivity contribution in [3.05, 3.63) is 197 Å². The molecule has 2 aliphatic rings. The van der Waals surface area contributed by atoms with Gasteiger partial charge >= 0.3 is 0 Å². The standard InChI is InChI=1S/C49H35N3/c1-30-26-40(33-13-5-4-6-14-33)42(29-50-30)36-16-11-15-34(27-36)35-23-24-45-41(28-35)37-17-7-9-20-43(37)49(45)44-21-10-8-18-38(44)47-39(19-12-22-46(47)49)48-51-31(2)25-32(3)52-48/h4-29H,1-3H3. The van der Waals surface area contributed by atoms with E-state index in [4.69, 9.17) is 15.0 Å². The lowest BCUT2D eigenvalue weighted by molar-refractivity contribution is 0.794. The maximum absolute atomic E-state index is 4.94. The number of aromatic nitrogens is 3. The maximum atomic E-state index is 4.94. The Bertz CT molecular complexity index is 2710. The first-order valence-electron chi connectivity index (χ1n) is 17.9. The zero-order valence-electron chi connectivity index (χ0n) is 29.4. The van der Waals surface area contributed by atoms with E-state index in [2.05, 4.69) is 153 Å². The van der Waals surface area contributed by atoms with Crippen molar-refractivity contribution in [1.82, 2.24) is 15.0 Å². The molecule has 0 bridgehead atoms. The van der Waals surface area contributed by atoms with Gasteiger partial charge in [-0.1, -0.05) is 127 Å². The largest absolute Gasteiger partial charge is 0.261 e. The molecular formula is C49H35N3. The molecule has 0 aliphatic heterocycles. The van der Waals surface area contributed by atoms with Gasteiger partial charge in [-0.05, 0) is 117 Å². The van der Waals surface area contributed by atoms with Crippen LogP contribution < -0.4 is 0 Å². The molecule has 2 aliphatic carbocycles. The summed E-state index contributed by atoms with van der Waals surface area (Å²) in [5.74, 6) is 0.780. The number of benzene rings is 6. The highest BCUT2D eigenvalue weighted by atomic mass is 14.9. The Morgan fingerprint density at radius 1 is 0.365 bits per heavy atom. The van der Waals surface area contributed by atoms with E-state index in [9.17, 15) is 0 Å². The molecule has 1 atom stereocenters. The minimum absolute atomic E-state index is 0.453. The van der Waals surface area contributed by atoms with Crippen LogP contribution in [0.25, 0.3) is 67.0 Å². The molecule has 10 rings (SSSR count). The molecule has 0 amide bonds. The van der Waals surface area contributed by atoms with Gasteiger partial charge in [0.2, 0.25) is 0 Å². The van der Waals surface area contributed by atoms with Gasteiger partial charge in [-0.3, -0.25) is 4.98 Å². The van der Waals surface area contributed by atoms with Crippen LogP contribution in [0.1, 0.15) is 39.3 Å². The molecule has 3 heteroatoms. The van der Waals surface area contributed by atoms with Gasteiger partial charge < -0.3 is 0 Å². The van der Waals surface area contributed by atoms with Gasteiger partial charge in [0.1, 0.15) is 0 Å². The molecule has 2 aromatic heterocycles. The third kappa shape index (κ3) is 4.42. The Hall–Kier alpha value is -6.45. The van der Waals surface area contributed by atoms with Crippen molar-refractivity contribution in [2.24, 2.45) is 0 Å². The molecule has 0 radical (unpaired) electrons. The minimum Gasteiger partial charge on any atom is -0.261 e. The highest BCUT2D eigenvalue weighted by Crippen LogP contribution is 2.64. The van der Waals surface area contributed by atoms with Crippen molar-refractivity contribution < 1.29 is 0 Å². The third-order valence-electron chi connectivity index (χ3n) is 11.0. The Kier molecular flexibility index (Phi) is 6.74. The molecular weight excluding hydrogens is 631 g/mol. The molecule has 52 heavy (non-hydrogen) atoms. The minimum atomic E-state index is -0.453. The summed E-state index contributed by atoms with van der Waals surface area (Å²) in [6.07, 6.45) is 2.02. The van der Waals surface area contributed by atoms with Crippen LogP contribution in [-0.2, 0) is 5.41 Å². The van der Waals surface area contributed by atoms with Gasteiger partial charge in [0, 0.05) is 34.4 Å². The second kappa shape index (κ2) is 11.5. The van der Waals surface area contributed by atoms with E-state index in [1.54, 1.807) is 0 Å². The van der Waals surface area contributed by atoms with Crippen LogP contribution in [0.4, 0.5) is 0 Å². The van der Waals surface area contributed by atoms with Gasteiger partial charge in [-0.25, -0.2) is 9.97 Å². The first-order chi connectivity index (χ1) is 25.5. The van der Waals surface area contributed by atoms with Gasteiger partial charge in [-0.2, -0.15) is 0 Å². The molecule has 246 valence electrons. The van der Waals surface area contributed by atoms with Crippen molar-refractivity contribution in [2.45, 2.75) is 26.2 Å². The second-order valence-electron chi connectivity index (χ2n) is 14.1. The zero-order chi connectivity index (χ0) is 35.0. The number of fused-ring (bicyclic) bond motifs is 10. The van der Waals surface area contributed by atoms with E-state index in [1.165, 1.54) is 66.8 Å². The van der Waals surface area contributed by atoms with E-state index in [0.717, 1.165) is 39.6 Å². The fourth-order valence-corrected chi connectivity index (χ4v) is 8.92. The van der Waals surface area contributed by atoms with Crippen LogP contribution in [0.3, 0.4) is 0 Å². The summed E-state index contributed by atoms with van der Waals surface area (Å²) in [7, 11) is 0. The molecule has 6 aromatic carbocycles. The summed E-state index contributed by atoms with van der Waals surface area (Å²) in [5, 5.41) is 0. The molecule has 1 unspecified atom stereocenters. The number of pyridine rings is 1. The van der Waals surface area contributed by atoms with Crippen molar-refractivity contribution in [3.8, 4) is 67.0 Å². The van der Waals surface area contributed by atoms with Gasteiger partial charge in [0.15, 0.2) is 5.82 Å². The Labute approximate surface area is 304 Å². The highest BCUT2D eigenvalue weighted by molar-refractivity contribution is 6.00. The highest BCUT2D eigenvalue weighted by Gasteiger charge is 2.52. The van der Waals surface area contributed by atoms with Crippen LogP contribution in [0.5, 0.6) is 0 Å². The lowest BCUT2D eigenvalue weighted by atomic mass is 9.70. The predicted octanol–water partition coefficient (Wildman–Crippen LogP) is 11.8. The van der Waals surface area contributed by atoms with Gasteiger partial charge in [-0.15, -0.1) is 0 Å².